The minimum absolute atomic E-state index is 0.00796. The minimum atomic E-state index is -0.660. The number of fused-ring (bicyclic) bond motifs is 1. The predicted octanol–water partition coefficient (Wildman–Crippen LogP) is 4.28. The lowest BCUT2D eigenvalue weighted by Gasteiger charge is -2.37. The molecule has 1 spiro atoms. The van der Waals surface area contributed by atoms with Crippen molar-refractivity contribution in [3.05, 3.63) is 97.1 Å². The number of carbonyl (C=O) groups excluding carboxylic acids is 3. The number of rotatable bonds is 14. The Morgan fingerprint density at radius 3 is 2.05 bits per heavy atom. The molecule has 42 heavy (non-hydrogen) atoms. The number of thioether (sulfide) groups is 1. The Morgan fingerprint density at radius 1 is 0.929 bits per heavy atom. The molecule has 1 N–H and O–H groups in total. The molecule has 3 fully saturated rings. The van der Waals surface area contributed by atoms with Gasteiger partial charge in [-0.05, 0) is 36.8 Å². The molecular weight excluding hydrogens is 546 g/mol. The van der Waals surface area contributed by atoms with Gasteiger partial charge in [-0.15, -0.1) is 24.9 Å². The molecule has 0 radical (unpaired) electrons. The van der Waals surface area contributed by atoms with E-state index in [1.807, 2.05) is 60.7 Å². The number of aliphatic hydroxyl groups excluding tert-OH is 1. The highest BCUT2D eigenvalue weighted by molar-refractivity contribution is 8.02. The van der Waals surface area contributed by atoms with Crippen LogP contribution in [0.1, 0.15) is 36.8 Å². The summed E-state index contributed by atoms with van der Waals surface area (Å²) >= 11 is 1.69. The molecule has 7 nitrogen and oxygen atoms in total. The summed E-state index contributed by atoms with van der Waals surface area (Å²) in [5.41, 5.74) is 2.03. The number of aliphatic hydroxyl groups is 1. The molecule has 2 bridgehead atoms. The van der Waals surface area contributed by atoms with Gasteiger partial charge in [0.05, 0.1) is 16.6 Å². The first kappa shape index (κ1) is 30.1. The molecule has 2 aromatic carbocycles. The first-order valence-electron chi connectivity index (χ1n) is 14.9. The summed E-state index contributed by atoms with van der Waals surface area (Å²) in [7, 11) is 0. The molecule has 222 valence electrons. The van der Waals surface area contributed by atoms with Crippen molar-refractivity contribution in [2.75, 3.05) is 26.2 Å². The van der Waals surface area contributed by atoms with Crippen LogP contribution in [-0.4, -0.2) is 79.8 Å². The highest BCUT2D eigenvalue weighted by Crippen LogP contribution is 2.66. The van der Waals surface area contributed by atoms with E-state index in [0.717, 1.165) is 24.0 Å². The molecule has 3 heterocycles. The largest absolute Gasteiger partial charge is 0.396 e. The van der Waals surface area contributed by atoms with Gasteiger partial charge in [0.1, 0.15) is 6.04 Å². The standard InChI is InChI=1S/C34H41N3O4S/c1-3-19-35(23-25-13-7-5-8-14-25)31(39)28-27-17-18-34(42-27)29(28)32(40)37(21-11-12-22-38)30(34)33(41)36(20-4-2)24-26-15-9-6-10-16-26/h3-10,13-16,27-30,38H,1-2,11-12,17-24H2/t27-,28+,29+,30?,34?/m1/s1. The lowest BCUT2D eigenvalue weighted by molar-refractivity contribution is -0.145. The van der Waals surface area contributed by atoms with Crippen molar-refractivity contribution in [3.8, 4) is 0 Å². The molecule has 3 saturated heterocycles. The average Bonchev–Trinajstić information content (AvgIpc) is 3.65. The van der Waals surface area contributed by atoms with E-state index in [2.05, 4.69) is 13.2 Å². The van der Waals surface area contributed by atoms with Crippen molar-refractivity contribution < 1.29 is 19.5 Å². The third-order valence-corrected chi connectivity index (χ3v) is 10.8. The maximum absolute atomic E-state index is 14.5. The molecule has 0 aromatic heterocycles. The van der Waals surface area contributed by atoms with Crippen LogP contribution >= 0.6 is 11.8 Å². The molecule has 0 aliphatic carbocycles. The summed E-state index contributed by atoms with van der Waals surface area (Å²) in [6, 6.07) is 19.1. The first-order valence-corrected chi connectivity index (χ1v) is 15.8. The van der Waals surface area contributed by atoms with E-state index < -0.39 is 22.6 Å². The van der Waals surface area contributed by atoms with Crippen LogP contribution in [0.4, 0.5) is 0 Å². The highest BCUT2D eigenvalue weighted by atomic mass is 32.2. The molecule has 5 atom stereocenters. The summed E-state index contributed by atoms with van der Waals surface area (Å²) in [5, 5.41) is 9.46. The third kappa shape index (κ3) is 5.66. The zero-order valence-electron chi connectivity index (χ0n) is 24.1. The van der Waals surface area contributed by atoms with Crippen molar-refractivity contribution in [1.29, 1.82) is 0 Å². The lowest BCUT2D eigenvalue weighted by Crippen LogP contribution is -2.54. The van der Waals surface area contributed by atoms with Crippen LogP contribution in [0.25, 0.3) is 0 Å². The molecule has 2 unspecified atom stereocenters. The number of hydrogen-bond donors (Lipinski definition) is 1. The lowest BCUT2D eigenvalue weighted by atomic mass is 9.70. The highest BCUT2D eigenvalue weighted by Gasteiger charge is 2.74. The molecule has 3 amide bonds. The Morgan fingerprint density at radius 2 is 1.50 bits per heavy atom. The van der Waals surface area contributed by atoms with Crippen LogP contribution in [0.3, 0.4) is 0 Å². The fraction of sp³-hybridized carbons (Fsp3) is 0.441. The van der Waals surface area contributed by atoms with Gasteiger partial charge in [0.15, 0.2) is 0 Å². The quantitative estimate of drug-likeness (QED) is 0.264. The number of unbranched alkanes of at least 4 members (excludes halogenated alkanes) is 1. The Balaban J connectivity index is 1.48. The number of likely N-dealkylation sites (tertiary alicyclic amines) is 1. The monoisotopic (exact) mass is 587 g/mol. The van der Waals surface area contributed by atoms with Gasteiger partial charge in [0.2, 0.25) is 17.7 Å². The molecule has 3 aliphatic heterocycles. The second kappa shape index (κ2) is 13.3. The van der Waals surface area contributed by atoms with Gasteiger partial charge < -0.3 is 19.8 Å². The average molecular weight is 588 g/mol. The van der Waals surface area contributed by atoms with E-state index in [1.165, 1.54) is 0 Å². The number of hydrogen-bond acceptors (Lipinski definition) is 5. The number of amides is 3. The Hall–Kier alpha value is -3.36. The van der Waals surface area contributed by atoms with E-state index >= 15 is 0 Å². The van der Waals surface area contributed by atoms with Crippen LogP contribution in [0.5, 0.6) is 0 Å². The van der Waals surface area contributed by atoms with Gasteiger partial charge in [-0.1, -0.05) is 72.8 Å². The van der Waals surface area contributed by atoms with Crippen molar-refractivity contribution in [2.45, 2.75) is 54.8 Å². The summed E-state index contributed by atoms with van der Waals surface area (Å²) in [6.07, 6.45) is 6.13. The van der Waals surface area contributed by atoms with Crippen LogP contribution in [0.2, 0.25) is 0 Å². The van der Waals surface area contributed by atoms with Crippen molar-refractivity contribution in [2.24, 2.45) is 11.8 Å². The van der Waals surface area contributed by atoms with E-state index in [9.17, 15) is 19.5 Å². The second-order valence-corrected chi connectivity index (χ2v) is 13.1. The second-order valence-electron chi connectivity index (χ2n) is 11.5. The smallest absolute Gasteiger partial charge is 0.247 e. The maximum Gasteiger partial charge on any atom is 0.247 e. The maximum atomic E-state index is 14.5. The summed E-state index contributed by atoms with van der Waals surface area (Å²) in [6.45, 7) is 9.82. The van der Waals surface area contributed by atoms with Gasteiger partial charge >= 0.3 is 0 Å². The first-order chi connectivity index (χ1) is 20.4. The molecule has 8 heteroatoms. The predicted molar refractivity (Wildman–Crippen MR) is 166 cm³/mol. The zero-order valence-corrected chi connectivity index (χ0v) is 25.0. The minimum Gasteiger partial charge on any atom is -0.396 e. The molecule has 3 aliphatic rings. The van der Waals surface area contributed by atoms with E-state index in [4.69, 9.17) is 0 Å². The fourth-order valence-corrected chi connectivity index (χ4v) is 9.32. The normalized spacial score (nSPS) is 25.7. The Labute approximate surface area is 253 Å². The fourth-order valence-electron chi connectivity index (χ4n) is 7.12. The zero-order chi connectivity index (χ0) is 29.7. The summed E-state index contributed by atoms with van der Waals surface area (Å²) in [5.74, 6) is -1.27. The van der Waals surface area contributed by atoms with E-state index in [1.54, 1.807) is 38.6 Å². The van der Waals surface area contributed by atoms with Crippen LogP contribution < -0.4 is 0 Å². The SMILES string of the molecule is C=CCN(Cc1ccccc1)C(=O)C1N(CCCCO)C(=O)[C@@H]2[C@@H](C(=O)N(CC=C)Cc3ccccc3)[C@H]3CCC12S3. The summed E-state index contributed by atoms with van der Waals surface area (Å²) < 4.78 is -0.652. The van der Waals surface area contributed by atoms with Crippen LogP contribution in [0.15, 0.2) is 86.0 Å². The van der Waals surface area contributed by atoms with Gasteiger partial charge in [0.25, 0.3) is 0 Å². The number of nitrogens with zero attached hydrogens (tertiary/aromatic N) is 3. The van der Waals surface area contributed by atoms with E-state index in [-0.39, 0.29) is 29.6 Å². The Bertz CT molecular complexity index is 1290. The van der Waals surface area contributed by atoms with Crippen LogP contribution in [-0.2, 0) is 27.5 Å². The molecule has 0 saturated carbocycles. The van der Waals surface area contributed by atoms with Gasteiger partial charge in [-0.2, -0.15) is 0 Å². The topological polar surface area (TPSA) is 81.2 Å². The van der Waals surface area contributed by atoms with Crippen LogP contribution in [0, 0.1) is 11.8 Å². The van der Waals surface area contributed by atoms with Crippen molar-refractivity contribution >= 4 is 29.5 Å². The molecular formula is C34H41N3O4S. The molecule has 5 rings (SSSR count). The van der Waals surface area contributed by atoms with Gasteiger partial charge in [-0.3, -0.25) is 14.4 Å². The summed E-state index contributed by atoms with van der Waals surface area (Å²) in [4.78, 5) is 48.5. The number of carbonyl (C=O) groups is 3. The number of benzene rings is 2. The Kier molecular flexibility index (Phi) is 9.53. The molecule has 2 aromatic rings. The van der Waals surface area contributed by atoms with Crippen molar-refractivity contribution in [1.82, 2.24) is 14.7 Å². The van der Waals surface area contributed by atoms with Gasteiger partial charge in [-0.25, -0.2) is 0 Å². The van der Waals surface area contributed by atoms with Crippen molar-refractivity contribution in [3.63, 3.8) is 0 Å². The third-order valence-electron chi connectivity index (χ3n) is 8.88. The van der Waals surface area contributed by atoms with Gasteiger partial charge in [0, 0.05) is 44.6 Å². The van der Waals surface area contributed by atoms with E-state index in [0.29, 0.717) is 45.6 Å².